The van der Waals surface area contributed by atoms with Crippen LogP contribution < -0.4 is 9.47 Å². The Balaban J connectivity index is 3.10. The summed E-state index contributed by atoms with van der Waals surface area (Å²) in [6.07, 6.45) is 0. The topological polar surface area (TPSA) is 35.5 Å². The van der Waals surface area contributed by atoms with Crippen LogP contribution in [0.15, 0.2) is 18.2 Å². The van der Waals surface area contributed by atoms with Crippen LogP contribution in [0.4, 0.5) is 0 Å². The van der Waals surface area contributed by atoms with Gasteiger partial charge in [-0.2, -0.15) is 0 Å². The van der Waals surface area contributed by atoms with Gasteiger partial charge in [-0.05, 0) is 39.0 Å². The lowest BCUT2D eigenvalue weighted by molar-refractivity contribution is 0.0987. The Morgan fingerprint density at radius 1 is 1.29 bits per heavy atom. The minimum Gasteiger partial charge on any atom is -0.494 e. The molecule has 0 radical (unpaired) electrons. The highest BCUT2D eigenvalue weighted by atomic mass is 35.5. The Kier molecular flexibility index (Phi) is 5.29. The molecule has 1 atom stereocenters. The molecule has 0 N–H and O–H groups in total. The van der Waals surface area contributed by atoms with Gasteiger partial charge in [0.25, 0.3) is 0 Å². The summed E-state index contributed by atoms with van der Waals surface area (Å²) in [4.78, 5) is 11.9. The lowest BCUT2D eigenvalue weighted by Crippen LogP contribution is -2.13. The van der Waals surface area contributed by atoms with Crippen molar-refractivity contribution in [3.8, 4) is 11.5 Å². The molecule has 0 aliphatic heterocycles. The molecule has 0 heterocycles. The lowest BCUT2D eigenvalue weighted by Gasteiger charge is -2.12. The molecule has 1 aromatic carbocycles. The molecule has 3 nitrogen and oxygen atoms in total. The number of rotatable bonds is 6. The first-order valence-corrected chi connectivity index (χ1v) is 6.11. The van der Waals surface area contributed by atoms with Gasteiger partial charge in [0, 0.05) is 0 Å². The first kappa shape index (κ1) is 13.8. The van der Waals surface area contributed by atoms with E-state index in [1.54, 1.807) is 25.1 Å². The number of Topliss-reactive ketones (excluding diaryl/α,β-unsaturated/α-hetero) is 1. The summed E-state index contributed by atoms with van der Waals surface area (Å²) in [5, 5.41) is -0.578. The number of hydrogen-bond donors (Lipinski definition) is 0. The molecule has 0 fully saturated rings. The monoisotopic (exact) mass is 256 g/mol. The number of halogens is 1. The predicted octanol–water partition coefficient (Wildman–Crippen LogP) is 3.29. The first-order valence-electron chi connectivity index (χ1n) is 5.68. The van der Waals surface area contributed by atoms with Crippen molar-refractivity contribution in [3.63, 3.8) is 0 Å². The lowest BCUT2D eigenvalue weighted by atomic mass is 10.1. The van der Waals surface area contributed by atoms with E-state index in [0.717, 1.165) is 0 Å². The quantitative estimate of drug-likeness (QED) is 0.579. The smallest absolute Gasteiger partial charge is 0.184 e. The van der Waals surface area contributed by atoms with E-state index in [2.05, 4.69) is 0 Å². The molecule has 94 valence electrons. The van der Waals surface area contributed by atoms with Gasteiger partial charge in [0.2, 0.25) is 0 Å². The molecular weight excluding hydrogens is 240 g/mol. The normalized spacial score (nSPS) is 12.0. The van der Waals surface area contributed by atoms with E-state index in [0.29, 0.717) is 30.3 Å². The van der Waals surface area contributed by atoms with Gasteiger partial charge in [0.05, 0.1) is 24.2 Å². The van der Waals surface area contributed by atoms with Crippen LogP contribution in [0.25, 0.3) is 0 Å². The number of benzene rings is 1. The van der Waals surface area contributed by atoms with Crippen LogP contribution in [0, 0.1) is 0 Å². The fourth-order valence-electron chi connectivity index (χ4n) is 1.45. The van der Waals surface area contributed by atoms with Crippen molar-refractivity contribution in [2.24, 2.45) is 0 Å². The molecule has 4 heteroatoms. The largest absolute Gasteiger partial charge is 0.494 e. The number of ether oxygens (including phenoxy) is 2. The van der Waals surface area contributed by atoms with Gasteiger partial charge >= 0.3 is 0 Å². The number of carbonyl (C=O) groups is 1. The second-order valence-electron chi connectivity index (χ2n) is 3.50. The minimum atomic E-state index is -0.578. The van der Waals surface area contributed by atoms with Crippen molar-refractivity contribution in [1.82, 2.24) is 0 Å². The maximum atomic E-state index is 11.9. The highest BCUT2D eigenvalue weighted by Gasteiger charge is 2.18. The molecule has 0 aliphatic carbocycles. The van der Waals surface area contributed by atoms with Crippen LogP contribution >= 0.6 is 11.6 Å². The maximum Gasteiger partial charge on any atom is 0.184 e. The summed E-state index contributed by atoms with van der Waals surface area (Å²) in [6.45, 7) is 6.47. The summed E-state index contributed by atoms with van der Waals surface area (Å²) in [6, 6.07) is 5.20. The van der Waals surface area contributed by atoms with Gasteiger partial charge in [-0.25, -0.2) is 0 Å². The van der Waals surface area contributed by atoms with E-state index in [-0.39, 0.29) is 5.78 Å². The summed E-state index contributed by atoms with van der Waals surface area (Å²) < 4.78 is 10.8. The summed E-state index contributed by atoms with van der Waals surface area (Å²) in [5.41, 5.74) is 0.473. The number of carbonyl (C=O) groups excluding carboxylic acids is 1. The fourth-order valence-corrected chi connectivity index (χ4v) is 1.57. The van der Waals surface area contributed by atoms with E-state index in [1.165, 1.54) is 0 Å². The van der Waals surface area contributed by atoms with Gasteiger partial charge in [-0.15, -0.1) is 11.6 Å². The molecule has 1 unspecified atom stereocenters. The number of alkyl halides is 1. The van der Waals surface area contributed by atoms with Crippen LogP contribution in [0.5, 0.6) is 11.5 Å². The van der Waals surface area contributed by atoms with Gasteiger partial charge in [0.1, 0.15) is 11.5 Å². The van der Waals surface area contributed by atoms with Gasteiger partial charge in [-0.3, -0.25) is 4.79 Å². The summed E-state index contributed by atoms with van der Waals surface area (Å²) >= 11 is 5.82. The van der Waals surface area contributed by atoms with Crippen molar-refractivity contribution in [3.05, 3.63) is 23.8 Å². The summed E-state index contributed by atoms with van der Waals surface area (Å²) in [7, 11) is 0. The average molecular weight is 257 g/mol. The van der Waals surface area contributed by atoms with E-state index >= 15 is 0 Å². The Bertz CT molecular complexity index is 388. The Morgan fingerprint density at radius 2 is 1.94 bits per heavy atom. The molecule has 0 saturated carbocycles. The van der Waals surface area contributed by atoms with Crippen molar-refractivity contribution in [2.45, 2.75) is 26.1 Å². The maximum absolute atomic E-state index is 11.9. The molecule has 17 heavy (non-hydrogen) atoms. The molecular formula is C13H17ClO3. The average Bonchev–Trinajstić information content (AvgIpc) is 2.30. The number of ketones is 1. The zero-order valence-corrected chi connectivity index (χ0v) is 11.1. The van der Waals surface area contributed by atoms with E-state index < -0.39 is 5.38 Å². The molecule has 0 spiro atoms. The minimum absolute atomic E-state index is 0.156. The van der Waals surface area contributed by atoms with E-state index in [9.17, 15) is 4.79 Å². The van der Waals surface area contributed by atoms with Crippen molar-refractivity contribution >= 4 is 17.4 Å². The van der Waals surface area contributed by atoms with E-state index in [4.69, 9.17) is 21.1 Å². The third kappa shape index (κ3) is 3.63. The van der Waals surface area contributed by atoms with Crippen molar-refractivity contribution < 1.29 is 14.3 Å². The van der Waals surface area contributed by atoms with Gasteiger partial charge in [-0.1, -0.05) is 0 Å². The molecule has 0 bridgehead atoms. The van der Waals surface area contributed by atoms with Crippen LogP contribution in [0.1, 0.15) is 31.1 Å². The Morgan fingerprint density at radius 3 is 2.47 bits per heavy atom. The fraction of sp³-hybridized carbons (Fsp3) is 0.462. The Hall–Kier alpha value is -1.22. The van der Waals surface area contributed by atoms with Crippen LogP contribution in [-0.2, 0) is 0 Å². The van der Waals surface area contributed by atoms with Gasteiger partial charge in [0.15, 0.2) is 5.78 Å². The molecule has 0 saturated heterocycles. The van der Waals surface area contributed by atoms with Crippen LogP contribution in [0.2, 0.25) is 0 Å². The standard InChI is InChI=1S/C13H17ClO3/c1-4-16-10-6-7-12(17-5-2)11(8-10)13(15)9(3)14/h6-9H,4-5H2,1-3H3. The highest BCUT2D eigenvalue weighted by Crippen LogP contribution is 2.26. The van der Waals surface area contributed by atoms with Crippen LogP contribution in [0.3, 0.4) is 0 Å². The Labute approximate surface area is 107 Å². The van der Waals surface area contributed by atoms with Gasteiger partial charge < -0.3 is 9.47 Å². The molecule has 1 rings (SSSR count). The molecule has 0 aromatic heterocycles. The first-order chi connectivity index (χ1) is 8.10. The third-order valence-electron chi connectivity index (χ3n) is 2.19. The summed E-state index contributed by atoms with van der Waals surface area (Å²) in [5.74, 6) is 1.04. The van der Waals surface area contributed by atoms with Crippen molar-refractivity contribution in [1.29, 1.82) is 0 Å². The zero-order valence-electron chi connectivity index (χ0n) is 10.3. The van der Waals surface area contributed by atoms with E-state index in [1.807, 2.05) is 13.8 Å². The number of hydrogen-bond acceptors (Lipinski definition) is 3. The van der Waals surface area contributed by atoms with Crippen molar-refractivity contribution in [2.75, 3.05) is 13.2 Å². The highest BCUT2D eigenvalue weighted by molar-refractivity contribution is 6.34. The molecule has 0 amide bonds. The molecule has 1 aromatic rings. The zero-order chi connectivity index (χ0) is 12.8. The molecule has 0 aliphatic rings. The third-order valence-corrected chi connectivity index (χ3v) is 2.39. The predicted molar refractivity (Wildman–Crippen MR) is 68.4 cm³/mol. The second-order valence-corrected chi connectivity index (χ2v) is 4.16. The SMILES string of the molecule is CCOc1ccc(OCC)c(C(=O)C(C)Cl)c1. The van der Waals surface area contributed by atoms with Crippen LogP contribution in [-0.4, -0.2) is 24.4 Å². The second kappa shape index (κ2) is 6.50.